The number of guanidine groups is 1. The Morgan fingerprint density at radius 1 is 1.41 bits per heavy atom. The average molecular weight is 531 g/mol. The van der Waals surface area contributed by atoms with Gasteiger partial charge in [-0.25, -0.2) is 5.43 Å². The van der Waals surface area contributed by atoms with E-state index in [2.05, 4.69) is 15.9 Å². The average Bonchev–Trinajstić information content (AvgIpc) is 3.46. The quantitative estimate of drug-likeness (QED) is 0.138. The van der Waals surface area contributed by atoms with Crippen LogP contribution in [0.3, 0.4) is 0 Å². The number of nitrogens with two attached hydrogens (primary N) is 1. The molecule has 2 saturated carbocycles. The van der Waals surface area contributed by atoms with E-state index in [4.69, 9.17) is 11.7 Å². The summed E-state index contributed by atoms with van der Waals surface area (Å²) in [5, 5.41) is 17.8. The Labute approximate surface area is 216 Å². The zero-order chi connectivity index (χ0) is 28.1. The molecular weight excluding hydrogens is 500 g/mol. The minimum Gasteiger partial charge on any atom is -0.369 e. The number of ketones is 1. The molecule has 2 fully saturated rings. The van der Waals surface area contributed by atoms with Crippen molar-refractivity contribution in [3.05, 3.63) is 64.5 Å². The lowest BCUT2D eigenvalue weighted by Gasteiger charge is -2.35. The molecular formula is C24H30N6O6S. The summed E-state index contributed by atoms with van der Waals surface area (Å²) >= 11 is 0. The molecule has 0 radical (unpaired) electrons. The van der Waals surface area contributed by atoms with Gasteiger partial charge in [0.15, 0.2) is 1.41 Å². The van der Waals surface area contributed by atoms with Gasteiger partial charge in [-0.3, -0.25) is 24.9 Å². The van der Waals surface area contributed by atoms with Crippen LogP contribution in [0.15, 0.2) is 53.8 Å². The van der Waals surface area contributed by atoms with Crippen molar-refractivity contribution in [2.45, 2.75) is 33.1 Å². The van der Waals surface area contributed by atoms with Crippen molar-refractivity contribution < 1.29 is 24.1 Å². The van der Waals surface area contributed by atoms with Gasteiger partial charge in [0.25, 0.3) is 15.8 Å². The molecule has 1 aromatic carbocycles. The summed E-state index contributed by atoms with van der Waals surface area (Å²) in [6, 6.07) is 10.1. The number of fused-ring (bicyclic) bond motifs is 2. The van der Waals surface area contributed by atoms with E-state index < -0.39 is 26.2 Å². The number of para-hydroxylation sites is 2. The van der Waals surface area contributed by atoms with Crippen molar-refractivity contribution in [3.63, 3.8) is 0 Å². The van der Waals surface area contributed by atoms with Crippen molar-refractivity contribution >= 4 is 39.8 Å². The van der Waals surface area contributed by atoms with Crippen molar-refractivity contribution in [2.24, 2.45) is 27.6 Å². The second-order valence-electron chi connectivity index (χ2n) is 9.58. The number of nitro benzene ring substituents is 1. The zero-order valence-electron chi connectivity index (χ0n) is 21.4. The Bertz CT molecular complexity index is 1400. The molecule has 0 amide bonds. The highest BCUT2D eigenvalue weighted by molar-refractivity contribution is 7.85. The SMILES string of the molecule is CC1(C)C2CCC1(CS(=O)(=O)O)C(=O)C2.[H]/N=C(\N)NN=CC=Cc1cccn1-c1ccccc1[N+](=O)[O-]. The minimum absolute atomic E-state index is 0.0152. The number of hydrogen-bond acceptors (Lipinski definition) is 7. The number of rotatable bonds is 7. The summed E-state index contributed by atoms with van der Waals surface area (Å²) < 4.78 is 39.3. The van der Waals surface area contributed by atoms with Crippen LogP contribution in [0, 0.1) is 32.3 Å². The summed E-state index contributed by atoms with van der Waals surface area (Å²) in [5.74, 6) is -0.228. The predicted octanol–water partition coefficient (Wildman–Crippen LogP) is 3.14. The van der Waals surface area contributed by atoms with Gasteiger partial charge in [0.1, 0.15) is 11.5 Å². The van der Waals surface area contributed by atoms with E-state index in [9.17, 15) is 23.3 Å². The fraction of sp³-hybridized carbons (Fsp3) is 0.375. The van der Waals surface area contributed by atoms with Gasteiger partial charge in [0.2, 0.25) is 5.96 Å². The van der Waals surface area contributed by atoms with Crippen LogP contribution in [0.4, 0.5) is 5.69 Å². The van der Waals surface area contributed by atoms with Crippen molar-refractivity contribution in [2.75, 3.05) is 5.75 Å². The summed E-state index contributed by atoms with van der Waals surface area (Å²) in [5.41, 5.74) is 7.71. The van der Waals surface area contributed by atoms with E-state index in [1.807, 2.05) is 19.9 Å². The van der Waals surface area contributed by atoms with E-state index in [-0.39, 0.29) is 28.8 Å². The molecule has 2 aliphatic rings. The lowest BCUT2D eigenvalue weighted by atomic mass is 9.70. The van der Waals surface area contributed by atoms with Gasteiger partial charge in [-0.2, -0.15) is 13.5 Å². The Morgan fingerprint density at radius 3 is 2.73 bits per heavy atom. The molecule has 1 aromatic heterocycles. The molecule has 2 aromatic rings. The predicted molar refractivity (Wildman–Crippen MR) is 140 cm³/mol. The maximum Gasteiger partial charge on any atom is 0.293 e. The van der Waals surface area contributed by atoms with E-state index in [1.54, 1.807) is 47.2 Å². The summed E-state index contributed by atoms with van der Waals surface area (Å²) in [6.07, 6.45) is 8.50. The first-order valence-corrected chi connectivity index (χ1v) is 13.1. The number of carbonyl (C=O) groups excluding carboxylic acids is 1. The van der Waals surface area contributed by atoms with E-state index >= 15 is 0 Å². The molecule has 5 N–H and O–H groups in total. The van der Waals surface area contributed by atoms with Gasteiger partial charge in [-0.05, 0) is 54.5 Å². The highest BCUT2D eigenvalue weighted by Gasteiger charge is 2.65. The van der Waals surface area contributed by atoms with Crippen LogP contribution in [-0.4, -0.2) is 46.2 Å². The number of nitrogens with one attached hydrogen (secondary N) is 2. The van der Waals surface area contributed by atoms with E-state index in [1.165, 1.54) is 12.3 Å². The van der Waals surface area contributed by atoms with Crippen LogP contribution >= 0.6 is 0 Å². The fourth-order valence-corrected chi connectivity index (χ4v) is 6.58. The van der Waals surface area contributed by atoms with Gasteiger partial charge in [-0.15, -0.1) is 0 Å². The van der Waals surface area contributed by atoms with Crippen LogP contribution in [0.1, 0.15) is 38.8 Å². The Balaban J connectivity index is 0.000000230. The molecule has 0 spiro atoms. The number of nitrogens with zero attached hydrogens (tertiary/aromatic N) is 3. The summed E-state index contributed by atoms with van der Waals surface area (Å²) in [6.45, 7) is 3.89. The molecule has 13 heteroatoms. The third-order valence-electron chi connectivity index (χ3n) is 7.29. The first-order chi connectivity index (χ1) is 17.8. The molecule has 0 aliphatic heterocycles. The number of hydrogen-bond donors (Lipinski definition) is 4. The number of aromatic nitrogens is 1. The molecule has 12 nitrogen and oxygen atoms in total. The third-order valence-corrected chi connectivity index (χ3v) is 8.15. The molecule has 0 saturated heterocycles. The maximum absolute atomic E-state index is 11.9. The molecule has 4 rings (SSSR count). The second kappa shape index (κ2) is 10.6. The third kappa shape index (κ3) is 5.94. The lowest BCUT2D eigenvalue weighted by molar-refractivity contribution is -0.384. The normalized spacial score (nSPS) is 23.2. The largest absolute Gasteiger partial charge is 0.369 e. The minimum atomic E-state index is -4.08. The molecule has 2 unspecified atom stereocenters. The van der Waals surface area contributed by atoms with Gasteiger partial charge >= 0.3 is 0 Å². The van der Waals surface area contributed by atoms with E-state index in [0.29, 0.717) is 18.5 Å². The van der Waals surface area contributed by atoms with Gasteiger partial charge in [0, 0.05) is 30.6 Å². The van der Waals surface area contributed by atoms with Crippen molar-refractivity contribution in [1.82, 2.24) is 9.99 Å². The lowest BCUT2D eigenvalue weighted by Crippen LogP contribution is -2.42. The highest BCUT2D eigenvalue weighted by atomic mass is 32.2. The van der Waals surface area contributed by atoms with Gasteiger partial charge in [0.05, 0.1) is 16.1 Å². The maximum atomic E-state index is 11.9. The number of hydrazone groups is 1. The zero-order valence-corrected chi connectivity index (χ0v) is 21.3. The van der Waals surface area contributed by atoms with Crippen LogP contribution in [-0.2, 0) is 14.9 Å². The smallest absolute Gasteiger partial charge is 0.293 e. The fourth-order valence-electron chi connectivity index (χ4n) is 5.28. The monoisotopic (exact) mass is 530 g/mol. The molecule has 2 atom stereocenters. The van der Waals surface area contributed by atoms with Crippen molar-refractivity contribution in [1.29, 1.82) is 5.40 Å². The van der Waals surface area contributed by atoms with Crippen LogP contribution in [0.5, 0.6) is 0 Å². The van der Waals surface area contributed by atoms with Crippen LogP contribution < -0.4 is 11.2 Å². The topological polar surface area (TPSA) is 194 Å². The molecule has 198 valence electrons. The van der Waals surface area contributed by atoms with E-state index in [0.717, 1.165) is 12.1 Å². The summed E-state index contributed by atoms with van der Waals surface area (Å²) in [4.78, 5) is 22.6. The number of benzene rings is 1. The Kier molecular flexibility index (Phi) is 7.55. The number of nitro groups is 1. The number of carbonyl (C=O) groups is 1. The molecule has 37 heavy (non-hydrogen) atoms. The van der Waals surface area contributed by atoms with Gasteiger partial charge in [-0.1, -0.05) is 26.0 Å². The van der Waals surface area contributed by atoms with Crippen LogP contribution in [0.2, 0.25) is 1.41 Å². The molecule has 2 aliphatic carbocycles. The number of allylic oxidation sites excluding steroid dienone is 1. The first-order valence-electron chi connectivity index (χ1n) is 11.9. The number of Topliss-reactive ketones (excluding diaryl/α,β-unsaturated/α-hetero) is 1. The first kappa shape index (κ1) is 26.2. The van der Waals surface area contributed by atoms with Crippen molar-refractivity contribution in [3.8, 4) is 5.69 Å². The Morgan fingerprint density at radius 2 is 2.14 bits per heavy atom. The molecule has 1 heterocycles. The highest BCUT2D eigenvalue weighted by Crippen LogP contribution is 2.64. The standard InChI is InChI=1S/C14H14N6O2.C10H16O4S/c15-14(16)18-17-9-3-5-11-6-4-10-19(11)12-7-1-2-8-13(12)20(21)22;1-9(2)7-3-4-10(9,8(11)5-7)6-15(12,13)14/h1-10H,(H4,15,16,18);7H,3-6H2,1-2H3,(H,12,13,14). The Hall–Kier alpha value is -3.84. The second-order valence-corrected chi connectivity index (χ2v) is 11.0. The molecule has 2 bridgehead atoms. The van der Waals surface area contributed by atoms with Crippen LogP contribution in [0.25, 0.3) is 11.8 Å². The summed E-state index contributed by atoms with van der Waals surface area (Å²) in [7, 11) is -4.08. The van der Waals surface area contributed by atoms with Gasteiger partial charge < -0.3 is 10.3 Å².